The average Bonchev–Trinajstić information content (AvgIpc) is 3.09. The summed E-state index contributed by atoms with van der Waals surface area (Å²) in [7, 11) is 1.83. The van der Waals surface area contributed by atoms with Gasteiger partial charge in [-0.05, 0) is 50.6 Å². The van der Waals surface area contributed by atoms with E-state index in [9.17, 15) is 4.79 Å². The fourth-order valence-corrected chi connectivity index (χ4v) is 3.68. The van der Waals surface area contributed by atoms with Gasteiger partial charge in [0.1, 0.15) is 5.01 Å². The largest absolute Gasteiger partial charge is 0.374 e. The van der Waals surface area contributed by atoms with Crippen LogP contribution in [0.25, 0.3) is 10.2 Å². The lowest BCUT2D eigenvalue weighted by atomic mass is 10.1. The lowest BCUT2D eigenvalue weighted by Gasteiger charge is -2.23. The van der Waals surface area contributed by atoms with Crippen molar-refractivity contribution in [1.29, 1.82) is 0 Å². The van der Waals surface area contributed by atoms with E-state index in [-0.39, 0.29) is 18.1 Å². The molecule has 5 heteroatoms. The number of nitrogens with zero attached hydrogens (tertiary/aromatic N) is 2. The zero-order valence-electron chi connectivity index (χ0n) is 15.6. The summed E-state index contributed by atoms with van der Waals surface area (Å²) in [4.78, 5) is 19.2. The van der Waals surface area contributed by atoms with E-state index >= 15 is 0 Å². The standard InChI is InChI=1S/C21H24N2O2S/c1-14(2)25-13-16-9-11-17(12-10-16)21(24)23(4)15(3)20-22-18-7-5-6-8-19(18)26-20/h5-12,14-15H,13H2,1-4H3/t15-/m0/s1. The van der Waals surface area contributed by atoms with Crippen molar-refractivity contribution in [1.82, 2.24) is 9.88 Å². The Morgan fingerprint density at radius 1 is 1.12 bits per heavy atom. The number of ether oxygens (including phenoxy) is 1. The van der Waals surface area contributed by atoms with Crippen molar-refractivity contribution in [3.8, 4) is 0 Å². The number of carbonyl (C=O) groups is 1. The first-order valence-electron chi connectivity index (χ1n) is 8.79. The monoisotopic (exact) mass is 368 g/mol. The Balaban J connectivity index is 1.71. The van der Waals surface area contributed by atoms with Gasteiger partial charge in [0.15, 0.2) is 0 Å². The van der Waals surface area contributed by atoms with E-state index in [4.69, 9.17) is 4.74 Å². The van der Waals surface area contributed by atoms with Gasteiger partial charge in [0.05, 0.1) is 29.0 Å². The second kappa shape index (κ2) is 7.98. The summed E-state index contributed by atoms with van der Waals surface area (Å²) in [5, 5.41) is 0.948. The summed E-state index contributed by atoms with van der Waals surface area (Å²) in [5.41, 5.74) is 2.72. The SMILES string of the molecule is CC(C)OCc1ccc(C(=O)N(C)[C@@H](C)c2nc3ccccc3s2)cc1. The Hall–Kier alpha value is -2.24. The number of para-hydroxylation sites is 1. The van der Waals surface area contributed by atoms with Gasteiger partial charge in [0.2, 0.25) is 0 Å². The number of aromatic nitrogens is 1. The van der Waals surface area contributed by atoms with Crippen LogP contribution in [0.15, 0.2) is 48.5 Å². The van der Waals surface area contributed by atoms with Crippen LogP contribution in [0.2, 0.25) is 0 Å². The Morgan fingerprint density at radius 2 is 1.81 bits per heavy atom. The summed E-state index contributed by atoms with van der Waals surface area (Å²) < 4.78 is 6.74. The molecule has 0 spiro atoms. The Kier molecular flexibility index (Phi) is 5.69. The number of rotatable bonds is 6. The summed E-state index contributed by atoms with van der Waals surface area (Å²) in [6, 6.07) is 15.6. The number of hydrogen-bond acceptors (Lipinski definition) is 4. The molecular weight excluding hydrogens is 344 g/mol. The third-order valence-electron chi connectivity index (χ3n) is 4.35. The summed E-state index contributed by atoms with van der Waals surface area (Å²) in [5.74, 6) is -0.00640. The van der Waals surface area contributed by atoms with E-state index < -0.39 is 0 Å². The van der Waals surface area contributed by atoms with E-state index in [1.807, 2.05) is 70.3 Å². The fraction of sp³-hybridized carbons (Fsp3) is 0.333. The van der Waals surface area contributed by atoms with E-state index in [0.717, 1.165) is 20.8 Å². The molecule has 0 saturated carbocycles. The van der Waals surface area contributed by atoms with Gasteiger partial charge >= 0.3 is 0 Å². The quantitative estimate of drug-likeness (QED) is 0.611. The molecule has 0 saturated heterocycles. The molecule has 1 amide bonds. The van der Waals surface area contributed by atoms with Crippen molar-refractivity contribution < 1.29 is 9.53 Å². The molecule has 136 valence electrons. The first-order chi connectivity index (χ1) is 12.5. The smallest absolute Gasteiger partial charge is 0.254 e. The normalized spacial score (nSPS) is 12.5. The van der Waals surface area contributed by atoms with Gasteiger partial charge in [-0.15, -0.1) is 11.3 Å². The molecule has 1 heterocycles. The number of benzene rings is 2. The third-order valence-corrected chi connectivity index (χ3v) is 5.56. The molecular formula is C21H24N2O2S. The third kappa shape index (κ3) is 4.11. The summed E-state index contributed by atoms with van der Waals surface area (Å²) >= 11 is 1.64. The van der Waals surface area contributed by atoms with Crippen LogP contribution in [0.5, 0.6) is 0 Å². The molecule has 0 radical (unpaired) electrons. The molecule has 0 bridgehead atoms. The van der Waals surface area contributed by atoms with Gasteiger partial charge in [-0.2, -0.15) is 0 Å². The zero-order chi connectivity index (χ0) is 18.7. The molecule has 2 aromatic carbocycles. The van der Waals surface area contributed by atoms with Crippen LogP contribution in [-0.2, 0) is 11.3 Å². The lowest BCUT2D eigenvalue weighted by Crippen LogP contribution is -2.29. The lowest BCUT2D eigenvalue weighted by molar-refractivity contribution is 0.0655. The highest BCUT2D eigenvalue weighted by Gasteiger charge is 2.21. The number of fused-ring (bicyclic) bond motifs is 1. The maximum atomic E-state index is 12.8. The number of carbonyl (C=O) groups excluding carboxylic acids is 1. The Bertz CT molecular complexity index is 853. The predicted octanol–water partition coefficient (Wildman–Crippen LogP) is 5.05. The molecule has 1 aromatic heterocycles. The highest BCUT2D eigenvalue weighted by Crippen LogP contribution is 2.29. The van der Waals surface area contributed by atoms with Crippen molar-refractivity contribution in [2.75, 3.05) is 7.05 Å². The molecule has 3 rings (SSSR count). The minimum absolute atomic E-state index is 0.00640. The van der Waals surface area contributed by atoms with Crippen molar-refractivity contribution in [3.05, 3.63) is 64.7 Å². The van der Waals surface area contributed by atoms with Gasteiger partial charge in [-0.3, -0.25) is 4.79 Å². The molecule has 0 aliphatic rings. The van der Waals surface area contributed by atoms with Gasteiger partial charge < -0.3 is 9.64 Å². The van der Waals surface area contributed by atoms with E-state index in [0.29, 0.717) is 12.2 Å². The van der Waals surface area contributed by atoms with Gasteiger partial charge in [-0.1, -0.05) is 24.3 Å². The molecule has 3 aromatic rings. The minimum Gasteiger partial charge on any atom is -0.374 e. The van der Waals surface area contributed by atoms with Gasteiger partial charge in [0, 0.05) is 12.6 Å². The summed E-state index contributed by atoms with van der Waals surface area (Å²) in [6.45, 7) is 6.59. The van der Waals surface area contributed by atoms with Gasteiger partial charge in [-0.25, -0.2) is 4.98 Å². The molecule has 1 atom stereocenters. The van der Waals surface area contributed by atoms with Crippen LogP contribution in [0, 0.1) is 0 Å². The first kappa shape index (κ1) is 18.5. The maximum absolute atomic E-state index is 12.8. The molecule has 0 aliphatic carbocycles. The van der Waals surface area contributed by atoms with Gasteiger partial charge in [0.25, 0.3) is 5.91 Å². The highest BCUT2D eigenvalue weighted by atomic mass is 32.1. The van der Waals surface area contributed by atoms with Crippen LogP contribution >= 0.6 is 11.3 Å². The topological polar surface area (TPSA) is 42.4 Å². The highest BCUT2D eigenvalue weighted by molar-refractivity contribution is 7.18. The van der Waals surface area contributed by atoms with Crippen LogP contribution in [0.1, 0.15) is 47.7 Å². The number of hydrogen-bond donors (Lipinski definition) is 0. The van der Waals surface area contributed by atoms with Crippen molar-refractivity contribution >= 4 is 27.5 Å². The molecule has 0 aliphatic heterocycles. The molecule has 0 N–H and O–H groups in total. The Labute approximate surface area is 158 Å². The fourth-order valence-electron chi connectivity index (χ4n) is 2.62. The minimum atomic E-state index is -0.0798. The van der Waals surface area contributed by atoms with Crippen molar-refractivity contribution in [2.24, 2.45) is 0 Å². The molecule has 4 nitrogen and oxygen atoms in total. The average molecular weight is 369 g/mol. The van der Waals surface area contributed by atoms with E-state index in [2.05, 4.69) is 11.1 Å². The predicted molar refractivity (Wildman–Crippen MR) is 106 cm³/mol. The van der Waals surface area contributed by atoms with E-state index in [1.54, 1.807) is 16.2 Å². The van der Waals surface area contributed by atoms with Crippen LogP contribution in [0.3, 0.4) is 0 Å². The zero-order valence-corrected chi connectivity index (χ0v) is 16.4. The van der Waals surface area contributed by atoms with Crippen molar-refractivity contribution in [3.63, 3.8) is 0 Å². The maximum Gasteiger partial charge on any atom is 0.254 e. The summed E-state index contributed by atoms with van der Waals surface area (Å²) in [6.07, 6.45) is 0.192. The van der Waals surface area contributed by atoms with Crippen molar-refractivity contribution in [2.45, 2.75) is 39.5 Å². The second-order valence-corrected chi connectivity index (χ2v) is 7.73. The molecule has 26 heavy (non-hydrogen) atoms. The van der Waals surface area contributed by atoms with Crippen LogP contribution < -0.4 is 0 Å². The molecule has 0 fully saturated rings. The Morgan fingerprint density at radius 3 is 2.46 bits per heavy atom. The van der Waals surface area contributed by atoms with Crippen LogP contribution in [-0.4, -0.2) is 28.9 Å². The molecule has 0 unspecified atom stereocenters. The van der Waals surface area contributed by atoms with E-state index in [1.165, 1.54) is 0 Å². The number of amides is 1. The second-order valence-electron chi connectivity index (χ2n) is 6.67. The first-order valence-corrected chi connectivity index (χ1v) is 9.60. The van der Waals surface area contributed by atoms with Crippen LogP contribution in [0.4, 0.5) is 0 Å². The number of thiazole rings is 1.